The number of ether oxygens (including phenoxy) is 14. The molecule has 9 rings (SSSR count). The van der Waals surface area contributed by atoms with E-state index in [0.717, 1.165) is 11.1 Å². The number of Topliss-reactive ketones (excluding diaryl/α,β-unsaturated/α-hetero) is 1. The average Bonchev–Trinajstić information content (AvgIpc) is 1.61. The predicted octanol–water partition coefficient (Wildman–Crippen LogP) is 2.29. The maximum atomic E-state index is 13.6. The molecule has 24 heteroatoms. The van der Waals surface area contributed by atoms with E-state index in [2.05, 4.69) is 6.92 Å². The summed E-state index contributed by atoms with van der Waals surface area (Å²) in [4.78, 5) is 26.9. The standard InChI is InChI=1S/C61H98O24/c1-28(2)29(3)20-44(65)81-43-26-42-57(9)16-15-36(21-35(57)14-17-60(42,70)61(71)19-18-59(69,34(8)63)58(43,61)10)79-46-23-38(72-11)53(31(5)76-46)83-45-22-37(64)52(30(4)75-45)82-47-24-39(73-12)54(32(6)77-47)84-48-25-40(74-13)55(33(7)78-48)85-56-51(68)50(67)49(66)41(27-62)80-56/h14,20,28,30-33,36-43,45-56,62,64,66-71H,15-19,21-27H2,1-13H3/b29-20+/t30-,31-,32-,33-,36+,37+,38+,39-,40+,41-,42-,43-,45+,46+,47+,48+,49-,50+,51-,52-,53-,54-,55-,56+,57+,58-,59-,60+,61-/m1/s1. The van der Waals surface area contributed by atoms with Crippen LogP contribution in [0.4, 0.5) is 0 Å². The summed E-state index contributed by atoms with van der Waals surface area (Å²) in [6, 6.07) is 0. The lowest BCUT2D eigenvalue weighted by molar-refractivity contribution is -0.358. The second-order valence-electron chi connectivity index (χ2n) is 26.5. The summed E-state index contributed by atoms with van der Waals surface area (Å²) in [5, 5.41) is 90.5. The third kappa shape index (κ3) is 12.3. The van der Waals surface area contributed by atoms with Gasteiger partial charge in [0.15, 0.2) is 37.2 Å². The lowest BCUT2D eigenvalue weighted by Gasteiger charge is -2.67. The number of methoxy groups -OCH3 is 3. The van der Waals surface area contributed by atoms with Crippen molar-refractivity contribution < 1.29 is 117 Å². The molecule has 0 radical (unpaired) electrons. The molecule has 0 spiro atoms. The molecule has 9 aliphatic rings. The largest absolute Gasteiger partial charge is 0.458 e. The Morgan fingerprint density at radius 1 is 0.659 bits per heavy atom. The van der Waals surface area contributed by atoms with Crippen molar-refractivity contribution in [2.45, 2.75) is 298 Å². The van der Waals surface area contributed by atoms with E-state index in [1.807, 2.05) is 40.7 Å². The molecule has 85 heavy (non-hydrogen) atoms. The molecular formula is C61H98O24. The molecule has 24 nitrogen and oxygen atoms in total. The van der Waals surface area contributed by atoms with Crippen molar-refractivity contribution in [3.63, 3.8) is 0 Å². The van der Waals surface area contributed by atoms with Crippen LogP contribution in [-0.2, 0) is 75.9 Å². The van der Waals surface area contributed by atoms with Crippen molar-refractivity contribution in [1.29, 1.82) is 0 Å². The van der Waals surface area contributed by atoms with Gasteiger partial charge in [-0.25, -0.2) is 4.79 Å². The second kappa shape index (κ2) is 26.2. The molecule has 8 fully saturated rings. The molecule has 486 valence electrons. The number of allylic oxidation sites excluding steroid dienone is 1. The van der Waals surface area contributed by atoms with Crippen LogP contribution in [0.1, 0.15) is 140 Å². The summed E-state index contributed by atoms with van der Waals surface area (Å²) in [7, 11) is 4.66. The average molecular weight is 1220 g/mol. The molecule has 0 unspecified atom stereocenters. The number of fused-ring (bicyclic) bond motifs is 5. The summed E-state index contributed by atoms with van der Waals surface area (Å²) in [5.74, 6) is -1.69. The zero-order valence-electron chi connectivity index (χ0n) is 51.7. The Morgan fingerprint density at radius 3 is 1.67 bits per heavy atom. The van der Waals surface area contributed by atoms with Gasteiger partial charge >= 0.3 is 5.97 Å². The SMILES string of the molecule is CO[C@H]1C[C@H](O[C@H]2CC[C@@]3(C)C(=CC[C@]4(O)[C@@H]3C[C@@H](OC(=O)/C=C(\C)C(C)C)[C@@]3(C)[C@]4(O)CC[C@@]3(O)C(C)=O)C2)O[C@H](C)[C@H]1O[C@H]1C[C@H](O)[C@H](O[C@H]2C[C@@H](OC)[C@H](O[C@H]3C[C@H](OC)[C@H](O[C@@H]4O[C@H](CO)[C@@H](O)[C@H](O)[C@H]4O)[C@@H](C)O3)[C@@H](C)O2)[C@@H](C)O1. The van der Waals surface area contributed by atoms with Crippen molar-refractivity contribution in [1.82, 2.24) is 0 Å². The highest BCUT2D eigenvalue weighted by Crippen LogP contribution is 2.71. The van der Waals surface area contributed by atoms with Crippen LogP contribution >= 0.6 is 0 Å². The second-order valence-corrected chi connectivity index (χ2v) is 26.5. The van der Waals surface area contributed by atoms with Gasteiger partial charge in [0.25, 0.3) is 0 Å². The highest BCUT2D eigenvalue weighted by molar-refractivity contribution is 5.87. The summed E-state index contributed by atoms with van der Waals surface area (Å²) in [6.07, 6.45) is -13.6. The number of carbonyl (C=O) groups is 2. The van der Waals surface area contributed by atoms with E-state index in [9.17, 15) is 50.4 Å². The van der Waals surface area contributed by atoms with E-state index < -0.39 is 187 Å². The zero-order valence-corrected chi connectivity index (χ0v) is 51.7. The molecule has 29 atom stereocenters. The molecule has 5 saturated heterocycles. The van der Waals surface area contributed by atoms with Gasteiger partial charge < -0.3 is 107 Å². The first-order valence-electron chi connectivity index (χ1n) is 30.7. The van der Waals surface area contributed by atoms with E-state index in [4.69, 9.17) is 66.3 Å². The van der Waals surface area contributed by atoms with Crippen molar-refractivity contribution in [3.05, 3.63) is 23.3 Å². The molecule has 0 amide bonds. The highest BCUT2D eigenvalue weighted by Gasteiger charge is 2.81. The van der Waals surface area contributed by atoms with Crippen LogP contribution in [0.25, 0.3) is 0 Å². The van der Waals surface area contributed by atoms with E-state index in [-0.39, 0.29) is 57.0 Å². The first-order valence-corrected chi connectivity index (χ1v) is 30.7. The molecule has 3 saturated carbocycles. The highest BCUT2D eigenvalue weighted by atomic mass is 16.8. The number of hydrogen-bond acceptors (Lipinski definition) is 24. The Labute approximate surface area is 498 Å². The van der Waals surface area contributed by atoms with Crippen molar-refractivity contribution >= 4 is 11.8 Å². The van der Waals surface area contributed by atoms with Crippen LogP contribution in [0.3, 0.4) is 0 Å². The van der Waals surface area contributed by atoms with E-state index in [1.54, 1.807) is 35.0 Å². The number of hydrogen-bond donors (Lipinski definition) is 8. The van der Waals surface area contributed by atoms with Gasteiger partial charge in [-0.3, -0.25) is 4.79 Å². The number of rotatable bonds is 18. The van der Waals surface area contributed by atoms with Gasteiger partial charge in [-0.05, 0) is 105 Å². The summed E-state index contributed by atoms with van der Waals surface area (Å²) in [6.45, 7) is 17.4. The monoisotopic (exact) mass is 1210 g/mol. The summed E-state index contributed by atoms with van der Waals surface area (Å²) >= 11 is 0. The van der Waals surface area contributed by atoms with Gasteiger partial charge in [0.1, 0.15) is 71.7 Å². The number of ketones is 1. The van der Waals surface area contributed by atoms with Gasteiger partial charge in [0, 0.05) is 59.0 Å². The topological polar surface area (TPSA) is 325 Å². The molecule has 0 bridgehead atoms. The Bertz CT molecular complexity index is 2360. The van der Waals surface area contributed by atoms with Gasteiger partial charge in [0.2, 0.25) is 0 Å². The normalized spacial score (nSPS) is 50.4. The molecule has 8 N–H and O–H groups in total. The number of carbonyl (C=O) groups excluding carboxylic acids is 2. The van der Waals surface area contributed by atoms with Crippen LogP contribution < -0.4 is 0 Å². The molecule has 5 aliphatic heterocycles. The number of aliphatic hydroxyl groups is 8. The summed E-state index contributed by atoms with van der Waals surface area (Å²) < 4.78 is 87.3. The van der Waals surface area contributed by atoms with Gasteiger partial charge in [-0.2, -0.15) is 0 Å². The fourth-order valence-electron chi connectivity index (χ4n) is 15.9. The summed E-state index contributed by atoms with van der Waals surface area (Å²) in [5.41, 5.74) is -6.28. The predicted molar refractivity (Wildman–Crippen MR) is 296 cm³/mol. The minimum atomic E-state index is -2.05. The van der Waals surface area contributed by atoms with Crippen LogP contribution in [0.2, 0.25) is 0 Å². The third-order valence-corrected chi connectivity index (χ3v) is 21.5. The molecule has 0 aromatic heterocycles. The van der Waals surface area contributed by atoms with E-state index >= 15 is 0 Å². The van der Waals surface area contributed by atoms with Gasteiger partial charge in [0.05, 0.1) is 67.0 Å². The fraction of sp³-hybridized carbons (Fsp3) is 0.902. The molecule has 5 heterocycles. The molecule has 4 aliphatic carbocycles. The molecule has 0 aromatic rings. The van der Waals surface area contributed by atoms with Crippen LogP contribution in [0, 0.1) is 22.7 Å². The van der Waals surface area contributed by atoms with E-state index in [1.165, 1.54) is 20.1 Å². The quantitative estimate of drug-likeness (QED) is 0.0554. The Morgan fingerprint density at radius 2 is 1.16 bits per heavy atom. The smallest absolute Gasteiger partial charge is 0.330 e. The maximum Gasteiger partial charge on any atom is 0.330 e. The van der Waals surface area contributed by atoms with Crippen molar-refractivity contribution in [2.24, 2.45) is 22.7 Å². The Balaban J connectivity index is 0.769. The first-order chi connectivity index (χ1) is 40.0. The van der Waals surface area contributed by atoms with Crippen LogP contribution in [0.15, 0.2) is 23.3 Å². The molecule has 0 aromatic carbocycles. The van der Waals surface area contributed by atoms with Crippen molar-refractivity contribution in [2.75, 3.05) is 27.9 Å². The Kier molecular flexibility index (Phi) is 20.7. The minimum Gasteiger partial charge on any atom is -0.458 e. The fourth-order valence-corrected chi connectivity index (χ4v) is 15.9. The third-order valence-electron chi connectivity index (χ3n) is 21.5. The van der Waals surface area contributed by atoms with Crippen LogP contribution in [0.5, 0.6) is 0 Å². The zero-order chi connectivity index (χ0) is 62.0. The molecular weight excluding hydrogens is 1120 g/mol. The van der Waals surface area contributed by atoms with Gasteiger partial charge in [-0.1, -0.05) is 38.0 Å². The van der Waals surface area contributed by atoms with Crippen molar-refractivity contribution in [3.8, 4) is 0 Å². The Hall–Kier alpha value is -2.22. The van der Waals surface area contributed by atoms with Crippen LogP contribution in [-0.4, -0.2) is 239 Å². The minimum absolute atomic E-state index is 0.0553. The maximum absolute atomic E-state index is 13.6. The number of aliphatic hydroxyl groups excluding tert-OH is 5. The first kappa shape index (κ1) is 67.2. The van der Waals surface area contributed by atoms with E-state index in [0.29, 0.717) is 25.7 Å². The lowest BCUT2D eigenvalue weighted by Crippen LogP contribution is -2.78. The van der Waals surface area contributed by atoms with Gasteiger partial charge in [-0.15, -0.1) is 0 Å². The lowest BCUT2D eigenvalue weighted by atomic mass is 9.42. The number of esters is 1.